The number of imidazole rings is 1. The SMILES string of the molecule is C#CCN(C)C(=O)c1c(N(C)C=O)nc(C#Cc2ccc(OC)cc2)n1C. The van der Waals surface area contributed by atoms with Gasteiger partial charge in [0.05, 0.1) is 13.7 Å². The number of anilines is 1. The molecule has 2 rings (SSSR count). The molecule has 1 aromatic carbocycles. The average molecular weight is 364 g/mol. The monoisotopic (exact) mass is 364 g/mol. The molecule has 1 aromatic heterocycles. The Morgan fingerprint density at radius 1 is 1.30 bits per heavy atom. The van der Waals surface area contributed by atoms with Crippen LogP contribution in [-0.2, 0) is 11.8 Å². The minimum Gasteiger partial charge on any atom is -0.497 e. The van der Waals surface area contributed by atoms with E-state index in [4.69, 9.17) is 11.2 Å². The van der Waals surface area contributed by atoms with Crippen LogP contribution in [0.3, 0.4) is 0 Å². The fraction of sp³-hybridized carbons (Fsp3) is 0.250. The molecule has 0 aliphatic rings. The minimum atomic E-state index is -0.343. The fourth-order valence-corrected chi connectivity index (χ4v) is 2.32. The molecule has 2 amide bonds. The zero-order valence-corrected chi connectivity index (χ0v) is 15.7. The Bertz CT molecular complexity index is 943. The van der Waals surface area contributed by atoms with Crippen LogP contribution in [0.5, 0.6) is 5.75 Å². The number of methoxy groups -OCH3 is 1. The molecule has 0 aliphatic heterocycles. The Kier molecular flexibility index (Phi) is 6.24. The van der Waals surface area contributed by atoms with Gasteiger partial charge in [-0.05, 0) is 30.2 Å². The standard InChI is InChI=1S/C20H20N4O3/c1-6-13-22(2)20(26)18-19(23(3)14-25)21-17(24(18)4)12-9-15-7-10-16(27-5)11-8-15/h1,7-8,10-11,14H,13H2,2-5H3. The predicted octanol–water partition coefficient (Wildman–Crippen LogP) is 1.13. The van der Waals surface area contributed by atoms with Gasteiger partial charge in [-0.25, -0.2) is 4.98 Å². The summed E-state index contributed by atoms with van der Waals surface area (Å²) in [4.78, 5) is 30.9. The van der Waals surface area contributed by atoms with E-state index in [1.807, 2.05) is 12.1 Å². The molecule has 0 saturated carbocycles. The number of aromatic nitrogens is 2. The third-order valence-corrected chi connectivity index (χ3v) is 3.86. The molecule has 0 unspecified atom stereocenters. The molecule has 0 bridgehead atoms. The van der Waals surface area contributed by atoms with Crippen molar-refractivity contribution in [3.63, 3.8) is 0 Å². The summed E-state index contributed by atoms with van der Waals surface area (Å²) in [5, 5.41) is 0. The zero-order chi connectivity index (χ0) is 20.0. The van der Waals surface area contributed by atoms with Crippen molar-refractivity contribution in [2.45, 2.75) is 0 Å². The van der Waals surface area contributed by atoms with Crippen LogP contribution in [0.15, 0.2) is 24.3 Å². The normalized spacial score (nSPS) is 9.59. The summed E-state index contributed by atoms with van der Waals surface area (Å²) >= 11 is 0. The first-order valence-corrected chi connectivity index (χ1v) is 8.02. The van der Waals surface area contributed by atoms with E-state index in [-0.39, 0.29) is 24.0 Å². The smallest absolute Gasteiger partial charge is 0.274 e. The van der Waals surface area contributed by atoms with Crippen LogP contribution < -0.4 is 9.64 Å². The number of ether oxygens (including phenoxy) is 1. The van der Waals surface area contributed by atoms with Crippen molar-refractivity contribution in [3.8, 4) is 29.9 Å². The second kappa shape index (κ2) is 8.59. The number of carbonyl (C=O) groups is 2. The number of amides is 2. The van der Waals surface area contributed by atoms with Gasteiger partial charge in [-0.15, -0.1) is 6.42 Å². The Labute approximate surface area is 158 Å². The highest BCUT2D eigenvalue weighted by molar-refractivity contribution is 5.99. The Hall–Kier alpha value is -3.71. The summed E-state index contributed by atoms with van der Waals surface area (Å²) in [6.45, 7) is 0.140. The van der Waals surface area contributed by atoms with E-state index < -0.39 is 0 Å². The van der Waals surface area contributed by atoms with Crippen molar-refractivity contribution in [2.75, 3.05) is 32.6 Å². The van der Waals surface area contributed by atoms with Crippen molar-refractivity contribution in [2.24, 2.45) is 7.05 Å². The van der Waals surface area contributed by atoms with Gasteiger partial charge in [-0.3, -0.25) is 9.59 Å². The Balaban J connectivity index is 2.46. The molecule has 7 heteroatoms. The summed E-state index contributed by atoms with van der Waals surface area (Å²) < 4.78 is 6.67. The molecule has 0 N–H and O–H groups in total. The van der Waals surface area contributed by atoms with Crippen LogP contribution in [0, 0.1) is 24.2 Å². The summed E-state index contributed by atoms with van der Waals surface area (Å²) in [6, 6.07) is 7.25. The molecule has 27 heavy (non-hydrogen) atoms. The third kappa shape index (κ3) is 4.28. The number of nitrogens with zero attached hydrogens (tertiary/aromatic N) is 4. The molecule has 7 nitrogen and oxygen atoms in total. The van der Waals surface area contributed by atoms with Gasteiger partial charge in [0.2, 0.25) is 6.41 Å². The second-order valence-electron chi connectivity index (χ2n) is 5.73. The molecule has 0 aliphatic carbocycles. The summed E-state index contributed by atoms with van der Waals surface area (Å²) in [5.41, 5.74) is 1.00. The van der Waals surface area contributed by atoms with Gasteiger partial charge in [0.25, 0.3) is 5.91 Å². The second-order valence-corrected chi connectivity index (χ2v) is 5.73. The van der Waals surface area contributed by atoms with E-state index in [1.54, 1.807) is 37.9 Å². The minimum absolute atomic E-state index is 0.140. The van der Waals surface area contributed by atoms with Gasteiger partial charge in [-0.2, -0.15) is 0 Å². The Morgan fingerprint density at radius 2 is 1.96 bits per heavy atom. The molecular weight excluding hydrogens is 344 g/mol. The molecule has 0 saturated heterocycles. The number of hydrogen-bond donors (Lipinski definition) is 0. The van der Waals surface area contributed by atoms with Gasteiger partial charge >= 0.3 is 0 Å². The molecule has 0 fully saturated rings. The van der Waals surface area contributed by atoms with Crippen LogP contribution in [-0.4, -0.2) is 54.5 Å². The highest BCUT2D eigenvalue weighted by atomic mass is 16.5. The molecule has 1 heterocycles. The van der Waals surface area contributed by atoms with Crippen molar-refractivity contribution >= 4 is 18.1 Å². The van der Waals surface area contributed by atoms with E-state index in [0.29, 0.717) is 12.2 Å². The predicted molar refractivity (Wildman–Crippen MR) is 102 cm³/mol. The van der Waals surface area contributed by atoms with E-state index in [1.165, 1.54) is 16.8 Å². The van der Waals surface area contributed by atoms with Gasteiger partial charge in [0.1, 0.15) is 5.75 Å². The van der Waals surface area contributed by atoms with Crippen LogP contribution in [0.1, 0.15) is 21.9 Å². The molecule has 0 radical (unpaired) electrons. The first kappa shape index (κ1) is 19.6. The average Bonchev–Trinajstić information content (AvgIpc) is 3.02. The van der Waals surface area contributed by atoms with E-state index in [0.717, 1.165) is 11.3 Å². The van der Waals surface area contributed by atoms with Crippen molar-refractivity contribution in [3.05, 3.63) is 41.3 Å². The lowest BCUT2D eigenvalue weighted by atomic mass is 10.2. The maximum absolute atomic E-state index is 12.7. The zero-order valence-electron chi connectivity index (χ0n) is 15.7. The van der Waals surface area contributed by atoms with Crippen molar-refractivity contribution in [1.82, 2.24) is 14.5 Å². The lowest BCUT2D eigenvalue weighted by Gasteiger charge is -2.16. The summed E-state index contributed by atoms with van der Waals surface area (Å²) in [6.07, 6.45) is 5.87. The summed E-state index contributed by atoms with van der Waals surface area (Å²) in [7, 11) is 6.37. The molecule has 138 valence electrons. The number of rotatable bonds is 5. The third-order valence-electron chi connectivity index (χ3n) is 3.86. The van der Waals surface area contributed by atoms with Gasteiger partial charge < -0.3 is 19.1 Å². The van der Waals surface area contributed by atoms with Crippen LogP contribution >= 0.6 is 0 Å². The summed E-state index contributed by atoms with van der Waals surface area (Å²) in [5.74, 6) is 9.31. The van der Waals surface area contributed by atoms with Crippen LogP contribution in [0.2, 0.25) is 0 Å². The first-order chi connectivity index (χ1) is 12.9. The van der Waals surface area contributed by atoms with Crippen LogP contribution in [0.25, 0.3) is 0 Å². The molecule has 0 atom stereocenters. The number of terminal acetylenes is 1. The van der Waals surface area contributed by atoms with Crippen LogP contribution in [0.4, 0.5) is 5.82 Å². The highest BCUT2D eigenvalue weighted by Crippen LogP contribution is 2.20. The topological polar surface area (TPSA) is 67.7 Å². The number of carbonyl (C=O) groups excluding carboxylic acids is 2. The first-order valence-electron chi connectivity index (χ1n) is 8.02. The van der Waals surface area contributed by atoms with E-state index >= 15 is 0 Å². The lowest BCUT2D eigenvalue weighted by molar-refractivity contribution is -0.107. The Morgan fingerprint density at radius 3 is 2.52 bits per heavy atom. The van der Waals surface area contributed by atoms with Crippen molar-refractivity contribution in [1.29, 1.82) is 0 Å². The molecule has 0 spiro atoms. The largest absolute Gasteiger partial charge is 0.497 e. The molecular formula is C20H20N4O3. The van der Waals surface area contributed by atoms with Gasteiger partial charge in [0, 0.05) is 26.7 Å². The maximum atomic E-state index is 12.7. The number of benzene rings is 1. The number of hydrogen-bond acceptors (Lipinski definition) is 4. The van der Waals surface area contributed by atoms with E-state index in [9.17, 15) is 9.59 Å². The fourth-order valence-electron chi connectivity index (χ4n) is 2.32. The maximum Gasteiger partial charge on any atom is 0.274 e. The lowest BCUT2D eigenvalue weighted by Crippen LogP contribution is -2.30. The highest BCUT2D eigenvalue weighted by Gasteiger charge is 2.25. The molecule has 2 aromatic rings. The quantitative estimate of drug-likeness (QED) is 0.589. The van der Waals surface area contributed by atoms with Gasteiger partial charge in [-0.1, -0.05) is 11.8 Å². The van der Waals surface area contributed by atoms with Gasteiger partial charge in [0.15, 0.2) is 17.3 Å². The van der Waals surface area contributed by atoms with Crippen molar-refractivity contribution < 1.29 is 14.3 Å². The van der Waals surface area contributed by atoms with E-state index in [2.05, 4.69) is 22.7 Å².